The molecular formula is C25H25NO3. The first kappa shape index (κ1) is 20.3. The molecule has 0 saturated carbocycles. The highest BCUT2D eigenvalue weighted by Crippen LogP contribution is 2.20. The maximum Gasteiger partial charge on any atom is 0.220 e. The zero-order valence-electron chi connectivity index (χ0n) is 16.6. The van der Waals surface area contributed by atoms with Crippen molar-refractivity contribution in [3.63, 3.8) is 0 Å². The van der Waals surface area contributed by atoms with Gasteiger partial charge in [-0.25, -0.2) is 0 Å². The van der Waals surface area contributed by atoms with E-state index in [-0.39, 0.29) is 24.5 Å². The number of rotatable bonds is 9. The number of hydrogen-bond acceptors (Lipinski definition) is 3. The van der Waals surface area contributed by atoms with Crippen molar-refractivity contribution in [1.82, 2.24) is 5.32 Å². The van der Waals surface area contributed by atoms with Gasteiger partial charge in [0.1, 0.15) is 5.75 Å². The number of ether oxygens (including phenoxy) is 1. The lowest BCUT2D eigenvalue weighted by atomic mass is 10.0. The van der Waals surface area contributed by atoms with Crippen LogP contribution in [0.3, 0.4) is 0 Å². The molecule has 3 aromatic rings. The summed E-state index contributed by atoms with van der Waals surface area (Å²) >= 11 is 0. The fraction of sp³-hybridized carbons (Fsp3) is 0.200. The summed E-state index contributed by atoms with van der Waals surface area (Å²) in [4.78, 5) is 24.4. The van der Waals surface area contributed by atoms with Crippen molar-refractivity contribution in [3.8, 4) is 16.9 Å². The van der Waals surface area contributed by atoms with Gasteiger partial charge in [-0.2, -0.15) is 0 Å². The van der Waals surface area contributed by atoms with Gasteiger partial charge >= 0.3 is 0 Å². The van der Waals surface area contributed by atoms with E-state index in [1.165, 1.54) is 0 Å². The van der Waals surface area contributed by atoms with Crippen LogP contribution in [0.25, 0.3) is 11.1 Å². The molecule has 0 fully saturated rings. The van der Waals surface area contributed by atoms with Crippen molar-refractivity contribution in [2.75, 3.05) is 13.7 Å². The van der Waals surface area contributed by atoms with E-state index in [2.05, 4.69) is 5.32 Å². The number of ketones is 1. The van der Waals surface area contributed by atoms with Gasteiger partial charge < -0.3 is 10.1 Å². The van der Waals surface area contributed by atoms with Gasteiger partial charge in [-0.3, -0.25) is 9.59 Å². The van der Waals surface area contributed by atoms with Gasteiger partial charge in [0.25, 0.3) is 0 Å². The van der Waals surface area contributed by atoms with Crippen molar-refractivity contribution in [3.05, 3.63) is 90.0 Å². The van der Waals surface area contributed by atoms with Gasteiger partial charge in [0.15, 0.2) is 5.78 Å². The van der Waals surface area contributed by atoms with Crippen LogP contribution in [0.2, 0.25) is 0 Å². The van der Waals surface area contributed by atoms with Gasteiger partial charge in [0.2, 0.25) is 5.91 Å². The highest BCUT2D eigenvalue weighted by molar-refractivity contribution is 5.98. The van der Waals surface area contributed by atoms with E-state index in [1.807, 2.05) is 78.9 Å². The Morgan fingerprint density at radius 2 is 1.45 bits per heavy atom. The summed E-state index contributed by atoms with van der Waals surface area (Å²) in [6.07, 6.45) is 1.14. The van der Waals surface area contributed by atoms with E-state index in [1.54, 1.807) is 7.11 Å². The Labute approximate surface area is 171 Å². The standard InChI is InChI=1S/C25H25NO3/c1-29-23-13-7-19(8-14-23)17-18-26-25(28)16-15-24(27)22-11-9-21(10-12-22)20-5-3-2-4-6-20/h2-14H,15-18H2,1H3,(H,26,28). The number of hydrogen-bond donors (Lipinski definition) is 1. The predicted octanol–water partition coefficient (Wildman–Crippen LogP) is 4.68. The lowest BCUT2D eigenvalue weighted by molar-refractivity contribution is -0.121. The van der Waals surface area contributed by atoms with Crippen molar-refractivity contribution in [1.29, 1.82) is 0 Å². The van der Waals surface area contributed by atoms with Crippen LogP contribution in [0, 0.1) is 0 Å². The monoisotopic (exact) mass is 387 g/mol. The van der Waals surface area contributed by atoms with Crippen LogP contribution in [0.15, 0.2) is 78.9 Å². The zero-order valence-corrected chi connectivity index (χ0v) is 16.6. The van der Waals surface area contributed by atoms with Gasteiger partial charge in [0.05, 0.1) is 7.11 Å². The number of carbonyl (C=O) groups excluding carboxylic acids is 2. The second kappa shape index (κ2) is 10.2. The molecule has 4 nitrogen and oxygen atoms in total. The van der Waals surface area contributed by atoms with Crippen molar-refractivity contribution >= 4 is 11.7 Å². The molecule has 0 aromatic heterocycles. The number of amides is 1. The topological polar surface area (TPSA) is 55.4 Å². The molecule has 0 aliphatic carbocycles. The van der Waals surface area contributed by atoms with E-state index in [0.717, 1.165) is 28.9 Å². The number of benzene rings is 3. The number of Topliss-reactive ketones (excluding diaryl/α,β-unsaturated/α-hetero) is 1. The third-order valence-electron chi connectivity index (χ3n) is 4.79. The summed E-state index contributed by atoms with van der Waals surface area (Å²) in [5.41, 5.74) is 3.94. The molecule has 0 saturated heterocycles. The summed E-state index contributed by atoms with van der Waals surface area (Å²) in [6.45, 7) is 0.547. The van der Waals surface area contributed by atoms with Crippen molar-refractivity contribution in [2.45, 2.75) is 19.3 Å². The highest BCUT2D eigenvalue weighted by atomic mass is 16.5. The predicted molar refractivity (Wildman–Crippen MR) is 115 cm³/mol. The summed E-state index contributed by atoms with van der Waals surface area (Å²) in [5, 5.41) is 2.87. The molecule has 0 bridgehead atoms. The Morgan fingerprint density at radius 3 is 2.10 bits per heavy atom. The van der Waals surface area contributed by atoms with Crippen LogP contribution in [-0.2, 0) is 11.2 Å². The van der Waals surface area contributed by atoms with Crippen LogP contribution in [-0.4, -0.2) is 25.3 Å². The molecule has 4 heteroatoms. The second-order valence-corrected chi connectivity index (χ2v) is 6.81. The van der Waals surface area contributed by atoms with E-state index in [0.29, 0.717) is 12.1 Å². The second-order valence-electron chi connectivity index (χ2n) is 6.81. The smallest absolute Gasteiger partial charge is 0.220 e. The number of carbonyl (C=O) groups is 2. The van der Waals surface area contributed by atoms with E-state index >= 15 is 0 Å². The Balaban J connectivity index is 1.42. The Bertz CT molecular complexity index is 932. The number of methoxy groups -OCH3 is 1. The third kappa shape index (κ3) is 6.04. The maximum absolute atomic E-state index is 12.4. The Hall–Kier alpha value is -3.40. The SMILES string of the molecule is COc1ccc(CCNC(=O)CCC(=O)c2ccc(-c3ccccc3)cc2)cc1. The molecule has 29 heavy (non-hydrogen) atoms. The molecule has 0 spiro atoms. The molecule has 1 amide bonds. The molecule has 0 unspecified atom stereocenters. The van der Waals surface area contributed by atoms with E-state index in [9.17, 15) is 9.59 Å². The first-order chi connectivity index (χ1) is 14.2. The molecule has 148 valence electrons. The molecule has 0 aliphatic rings. The fourth-order valence-corrected chi connectivity index (χ4v) is 3.08. The Kier molecular flexibility index (Phi) is 7.17. The molecule has 1 N–H and O–H groups in total. The van der Waals surface area contributed by atoms with Gasteiger partial charge in [-0.15, -0.1) is 0 Å². The molecule has 0 heterocycles. The molecule has 0 radical (unpaired) electrons. The fourth-order valence-electron chi connectivity index (χ4n) is 3.08. The lowest BCUT2D eigenvalue weighted by Crippen LogP contribution is -2.26. The van der Waals surface area contributed by atoms with Crippen LogP contribution in [0.1, 0.15) is 28.8 Å². The molecule has 3 rings (SSSR count). The first-order valence-corrected chi connectivity index (χ1v) is 9.74. The Morgan fingerprint density at radius 1 is 0.793 bits per heavy atom. The summed E-state index contributed by atoms with van der Waals surface area (Å²) in [6, 6.07) is 25.3. The third-order valence-corrected chi connectivity index (χ3v) is 4.79. The lowest BCUT2D eigenvalue weighted by Gasteiger charge is -2.07. The largest absolute Gasteiger partial charge is 0.497 e. The average molecular weight is 387 g/mol. The molecular weight excluding hydrogens is 362 g/mol. The van der Waals surface area contributed by atoms with Crippen LogP contribution in [0.5, 0.6) is 5.75 Å². The highest BCUT2D eigenvalue weighted by Gasteiger charge is 2.09. The van der Waals surface area contributed by atoms with Crippen LogP contribution < -0.4 is 10.1 Å². The molecule has 0 aliphatic heterocycles. The summed E-state index contributed by atoms with van der Waals surface area (Å²) in [5.74, 6) is 0.691. The summed E-state index contributed by atoms with van der Waals surface area (Å²) in [7, 11) is 1.63. The maximum atomic E-state index is 12.4. The summed E-state index contributed by atoms with van der Waals surface area (Å²) < 4.78 is 5.13. The van der Waals surface area contributed by atoms with Gasteiger partial charge in [-0.05, 0) is 35.2 Å². The minimum Gasteiger partial charge on any atom is -0.497 e. The van der Waals surface area contributed by atoms with Gasteiger partial charge in [0, 0.05) is 24.9 Å². The van der Waals surface area contributed by atoms with Crippen molar-refractivity contribution in [2.24, 2.45) is 0 Å². The zero-order chi connectivity index (χ0) is 20.5. The number of nitrogens with one attached hydrogen (secondary N) is 1. The molecule has 3 aromatic carbocycles. The van der Waals surface area contributed by atoms with Gasteiger partial charge in [-0.1, -0.05) is 66.7 Å². The van der Waals surface area contributed by atoms with Crippen LogP contribution in [0.4, 0.5) is 0 Å². The average Bonchev–Trinajstić information content (AvgIpc) is 2.78. The van der Waals surface area contributed by atoms with E-state index < -0.39 is 0 Å². The van der Waals surface area contributed by atoms with Crippen molar-refractivity contribution < 1.29 is 14.3 Å². The molecule has 0 atom stereocenters. The van der Waals surface area contributed by atoms with Crippen LogP contribution >= 0.6 is 0 Å². The van der Waals surface area contributed by atoms with E-state index in [4.69, 9.17) is 4.74 Å². The quantitative estimate of drug-likeness (QED) is 0.542. The minimum absolute atomic E-state index is 0.0186. The normalized spacial score (nSPS) is 10.4. The minimum atomic E-state index is -0.104. The first-order valence-electron chi connectivity index (χ1n) is 9.74.